The Morgan fingerprint density at radius 1 is 1.44 bits per heavy atom. The predicted molar refractivity (Wildman–Crippen MR) is 73.1 cm³/mol. The van der Waals surface area contributed by atoms with Crippen LogP contribution in [0.2, 0.25) is 0 Å². The second-order valence-corrected chi connectivity index (χ2v) is 4.74. The van der Waals surface area contributed by atoms with Crippen LogP contribution in [0, 0.1) is 16.0 Å². The first-order chi connectivity index (χ1) is 8.67. The zero-order valence-electron chi connectivity index (χ0n) is 10.8. The van der Waals surface area contributed by atoms with Gasteiger partial charge in [0.25, 0.3) is 0 Å². The predicted octanol–water partition coefficient (Wildman–Crippen LogP) is 3.24. The molecule has 0 amide bonds. The highest BCUT2D eigenvalue weighted by atomic mass is 16.6. The van der Waals surface area contributed by atoms with Crippen molar-refractivity contribution in [1.29, 1.82) is 0 Å². The van der Waals surface area contributed by atoms with Crippen LogP contribution in [0.1, 0.15) is 26.2 Å². The van der Waals surface area contributed by atoms with E-state index in [1.165, 1.54) is 12.8 Å². The van der Waals surface area contributed by atoms with Crippen molar-refractivity contribution in [2.75, 3.05) is 17.7 Å². The van der Waals surface area contributed by atoms with Crippen LogP contribution in [0.5, 0.6) is 0 Å². The minimum Gasteiger partial charge on any atom is -0.382 e. The van der Waals surface area contributed by atoms with Gasteiger partial charge in [0.15, 0.2) is 0 Å². The van der Waals surface area contributed by atoms with Crippen LogP contribution in [0.4, 0.5) is 17.1 Å². The maximum atomic E-state index is 11.1. The Hall–Kier alpha value is -1.78. The lowest BCUT2D eigenvalue weighted by Gasteiger charge is -2.09. The van der Waals surface area contributed by atoms with Crippen LogP contribution < -0.4 is 10.6 Å². The molecule has 5 heteroatoms. The van der Waals surface area contributed by atoms with Crippen molar-refractivity contribution in [3.05, 3.63) is 28.3 Å². The van der Waals surface area contributed by atoms with E-state index in [1.54, 1.807) is 19.2 Å². The van der Waals surface area contributed by atoms with Gasteiger partial charge < -0.3 is 10.6 Å². The number of hydrogen-bond donors (Lipinski definition) is 2. The van der Waals surface area contributed by atoms with Gasteiger partial charge in [0.2, 0.25) is 0 Å². The molecule has 0 heterocycles. The van der Waals surface area contributed by atoms with Crippen molar-refractivity contribution in [2.24, 2.45) is 5.92 Å². The Morgan fingerprint density at radius 2 is 2.17 bits per heavy atom. The fraction of sp³-hybridized carbons (Fsp3) is 0.538. The number of anilines is 2. The summed E-state index contributed by atoms with van der Waals surface area (Å²) in [5.74, 6) is 0.674. The minimum absolute atomic E-state index is 0.141. The third-order valence-electron chi connectivity index (χ3n) is 3.41. The summed E-state index contributed by atoms with van der Waals surface area (Å²) in [7, 11) is 1.70. The first-order valence-electron chi connectivity index (χ1n) is 6.39. The maximum Gasteiger partial charge on any atom is 0.315 e. The fourth-order valence-electron chi connectivity index (χ4n) is 2.37. The van der Waals surface area contributed by atoms with Crippen molar-refractivity contribution in [3.8, 4) is 0 Å². The van der Waals surface area contributed by atoms with Crippen molar-refractivity contribution in [3.63, 3.8) is 0 Å². The lowest BCUT2D eigenvalue weighted by molar-refractivity contribution is -0.383. The van der Waals surface area contributed by atoms with E-state index < -0.39 is 0 Å². The summed E-state index contributed by atoms with van der Waals surface area (Å²) in [4.78, 5) is 10.8. The molecule has 0 aromatic heterocycles. The Balaban J connectivity index is 2.15. The summed E-state index contributed by atoms with van der Waals surface area (Å²) in [6, 6.07) is 5.73. The number of nitro groups is 1. The van der Waals surface area contributed by atoms with Crippen molar-refractivity contribution in [1.82, 2.24) is 0 Å². The molecule has 0 aliphatic heterocycles. The zero-order valence-corrected chi connectivity index (χ0v) is 10.8. The molecular formula is C13H19N3O2. The van der Waals surface area contributed by atoms with Crippen LogP contribution in [0.3, 0.4) is 0 Å². The van der Waals surface area contributed by atoms with Gasteiger partial charge in [-0.3, -0.25) is 10.1 Å². The first-order valence-corrected chi connectivity index (χ1v) is 6.39. The molecule has 1 aliphatic rings. The average molecular weight is 249 g/mol. The number of rotatable bonds is 6. The molecular weight excluding hydrogens is 230 g/mol. The normalized spacial score (nSPS) is 21.4. The van der Waals surface area contributed by atoms with Crippen LogP contribution in [-0.2, 0) is 0 Å². The maximum absolute atomic E-state index is 11.1. The molecule has 2 unspecified atom stereocenters. The number of nitro benzene ring substituents is 1. The Labute approximate surface area is 107 Å². The van der Waals surface area contributed by atoms with Gasteiger partial charge in [-0.15, -0.1) is 0 Å². The van der Waals surface area contributed by atoms with Crippen LogP contribution in [0.25, 0.3) is 0 Å². The molecule has 1 aromatic rings. The van der Waals surface area contributed by atoms with E-state index in [-0.39, 0.29) is 10.6 Å². The molecule has 1 fully saturated rings. The van der Waals surface area contributed by atoms with E-state index in [2.05, 4.69) is 17.6 Å². The fourth-order valence-corrected chi connectivity index (χ4v) is 2.37. The van der Waals surface area contributed by atoms with Gasteiger partial charge in [0, 0.05) is 13.1 Å². The van der Waals surface area contributed by atoms with E-state index in [4.69, 9.17) is 0 Å². The molecule has 0 spiro atoms. The van der Waals surface area contributed by atoms with E-state index in [0.717, 1.165) is 6.42 Å². The highest BCUT2D eigenvalue weighted by molar-refractivity contribution is 5.76. The highest BCUT2D eigenvalue weighted by Gasteiger charge is 2.37. The summed E-state index contributed by atoms with van der Waals surface area (Å²) < 4.78 is 0. The Bertz CT molecular complexity index is 448. The van der Waals surface area contributed by atoms with Gasteiger partial charge in [-0.1, -0.05) is 19.4 Å². The molecule has 0 saturated heterocycles. The largest absolute Gasteiger partial charge is 0.382 e. The van der Waals surface area contributed by atoms with E-state index in [9.17, 15) is 10.1 Å². The van der Waals surface area contributed by atoms with Crippen LogP contribution in [-0.4, -0.2) is 18.0 Å². The van der Waals surface area contributed by atoms with E-state index in [1.807, 2.05) is 6.07 Å². The second-order valence-electron chi connectivity index (χ2n) is 4.74. The van der Waals surface area contributed by atoms with E-state index in [0.29, 0.717) is 23.3 Å². The molecule has 98 valence electrons. The lowest BCUT2D eigenvalue weighted by atomic mass is 10.2. The van der Waals surface area contributed by atoms with Gasteiger partial charge in [-0.25, -0.2) is 0 Å². The molecule has 18 heavy (non-hydrogen) atoms. The minimum atomic E-state index is -0.328. The second kappa shape index (κ2) is 5.25. The lowest BCUT2D eigenvalue weighted by Crippen LogP contribution is -2.08. The molecule has 2 rings (SSSR count). The van der Waals surface area contributed by atoms with Gasteiger partial charge in [-0.2, -0.15) is 0 Å². The molecule has 1 aliphatic carbocycles. The average Bonchev–Trinajstić information content (AvgIpc) is 3.07. The topological polar surface area (TPSA) is 67.2 Å². The van der Waals surface area contributed by atoms with Gasteiger partial charge in [-0.05, 0) is 30.9 Å². The summed E-state index contributed by atoms with van der Waals surface area (Å²) in [5, 5.41) is 17.3. The standard InChI is InChI=1S/C13H19N3O2/c1-3-5-9-8-12(9)15-11-7-4-6-10(14-2)13(11)16(17)18/h4,6-7,9,12,14-15H,3,5,8H2,1-2H3. The van der Waals surface area contributed by atoms with Gasteiger partial charge in [0.1, 0.15) is 11.4 Å². The van der Waals surface area contributed by atoms with Crippen molar-refractivity contribution in [2.45, 2.75) is 32.2 Å². The first kappa shape index (κ1) is 12.7. The number of nitrogens with one attached hydrogen (secondary N) is 2. The van der Waals surface area contributed by atoms with Crippen molar-refractivity contribution < 1.29 is 4.92 Å². The number of hydrogen-bond acceptors (Lipinski definition) is 4. The molecule has 1 aromatic carbocycles. The Morgan fingerprint density at radius 3 is 2.78 bits per heavy atom. The quantitative estimate of drug-likeness (QED) is 0.600. The smallest absolute Gasteiger partial charge is 0.315 e. The van der Waals surface area contributed by atoms with Crippen molar-refractivity contribution >= 4 is 17.1 Å². The SMILES string of the molecule is CCCC1CC1Nc1cccc(NC)c1[N+](=O)[O-]. The van der Waals surface area contributed by atoms with Gasteiger partial charge in [0.05, 0.1) is 4.92 Å². The Kier molecular flexibility index (Phi) is 3.69. The summed E-state index contributed by atoms with van der Waals surface area (Å²) in [6.45, 7) is 2.17. The molecule has 0 bridgehead atoms. The van der Waals surface area contributed by atoms with Crippen LogP contribution in [0.15, 0.2) is 18.2 Å². The summed E-state index contributed by atoms with van der Waals surface area (Å²) in [6.07, 6.45) is 3.48. The number of benzene rings is 1. The number of nitrogens with zero attached hydrogens (tertiary/aromatic N) is 1. The number of para-hydroxylation sites is 1. The zero-order chi connectivity index (χ0) is 13.1. The summed E-state index contributed by atoms with van der Waals surface area (Å²) in [5.41, 5.74) is 1.32. The summed E-state index contributed by atoms with van der Waals surface area (Å²) >= 11 is 0. The molecule has 1 saturated carbocycles. The molecule has 5 nitrogen and oxygen atoms in total. The third kappa shape index (κ3) is 2.55. The van der Waals surface area contributed by atoms with Gasteiger partial charge >= 0.3 is 5.69 Å². The highest BCUT2D eigenvalue weighted by Crippen LogP contribution is 2.40. The van der Waals surface area contributed by atoms with E-state index >= 15 is 0 Å². The molecule has 0 radical (unpaired) electrons. The molecule has 2 N–H and O–H groups in total. The monoisotopic (exact) mass is 249 g/mol. The van der Waals surface area contributed by atoms with Crippen LogP contribution >= 0.6 is 0 Å². The molecule has 2 atom stereocenters. The third-order valence-corrected chi connectivity index (χ3v) is 3.41.